The molecule has 6 heteroatoms. The van der Waals surface area contributed by atoms with Crippen LogP contribution in [0.1, 0.15) is 37.0 Å². The Balaban J connectivity index is 1.99. The second kappa shape index (κ2) is 6.98. The smallest absolute Gasteiger partial charge is 0.226 e. The fraction of sp³-hybridized carbons (Fsp3) is 0.846. The number of aliphatic hydroxyl groups is 1. The van der Waals surface area contributed by atoms with E-state index in [4.69, 9.17) is 9.63 Å². The molecule has 2 rings (SSSR count). The molecule has 1 aliphatic rings. The summed E-state index contributed by atoms with van der Waals surface area (Å²) < 4.78 is 5.30. The van der Waals surface area contributed by atoms with Crippen molar-refractivity contribution in [3.8, 4) is 0 Å². The Labute approximate surface area is 114 Å². The third-order valence-corrected chi connectivity index (χ3v) is 3.65. The van der Waals surface area contributed by atoms with Crippen LogP contribution in [-0.2, 0) is 6.42 Å². The van der Waals surface area contributed by atoms with Gasteiger partial charge in [-0.2, -0.15) is 4.98 Å². The van der Waals surface area contributed by atoms with Crippen molar-refractivity contribution >= 4 is 0 Å². The van der Waals surface area contributed by atoms with Crippen molar-refractivity contribution in [1.29, 1.82) is 0 Å². The minimum Gasteiger partial charge on any atom is -0.396 e. The summed E-state index contributed by atoms with van der Waals surface area (Å²) in [5.74, 6) is 1.47. The molecule has 0 aliphatic carbocycles. The molecule has 108 valence electrons. The summed E-state index contributed by atoms with van der Waals surface area (Å²) in [5, 5.41) is 12.9. The zero-order valence-corrected chi connectivity index (χ0v) is 11.9. The first-order valence-corrected chi connectivity index (χ1v) is 7.03. The number of aromatic nitrogens is 2. The highest BCUT2D eigenvalue weighted by atomic mass is 16.5. The molecule has 1 N–H and O–H groups in total. The van der Waals surface area contributed by atoms with Crippen molar-refractivity contribution in [2.45, 2.75) is 31.7 Å². The molecule has 0 saturated carbocycles. The van der Waals surface area contributed by atoms with Crippen LogP contribution >= 0.6 is 0 Å². The molecule has 0 spiro atoms. The number of aryl methyl sites for hydroxylation is 1. The summed E-state index contributed by atoms with van der Waals surface area (Å²) in [4.78, 5) is 9.12. The molecule has 0 bridgehead atoms. The number of hydrogen-bond donors (Lipinski definition) is 1. The molecule has 1 aromatic heterocycles. The number of hydrogen-bond acceptors (Lipinski definition) is 6. The van der Waals surface area contributed by atoms with Gasteiger partial charge in [0, 0.05) is 19.6 Å². The van der Waals surface area contributed by atoms with Gasteiger partial charge in [-0.25, -0.2) is 0 Å². The molecule has 2 heterocycles. The highest BCUT2D eigenvalue weighted by molar-refractivity contribution is 4.97. The van der Waals surface area contributed by atoms with Gasteiger partial charge < -0.3 is 14.5 Å². The van der Waals surface area contributed by atoms with Crippen LogP contribution in [0.5, 0.6) is 0 Å². The first kappa shape index (κ1) is 14.4. The molecule has 0 aromatic carbocycles. The summed E-state index contributed by atoms with van der Waals surface area (Å²) in [6.07, 6.45) is 3.59. The molecule has 0 radical (unpaired) electrons. The number of aliphatic hydroxyl groups excluding tert-OH is 1. The number of likely N-dealkylation sites (N-methyl/N-ethyl adjacent to an activating group) is 2. The molecule has 1 unspecified atom stereocenters. The fourth-order valence-corrected chi connectivity index (χ4v) is 2.44. The summed E-state index contributed by atoms with van der Waals surface area (Å²) in [5.41, 5.74) is 0. The third-order valence-electron chi connectivity index (χ3n) is 3.65. The van der Waals surface area contributed by atoms with Gasteiger partial charge in [-0.15, -0.1) is 0 Å². The van der Waals surface area contributed by atoms with E-state index in [1.807, 2.05) is 0 Å². The zero-order valence-electron chi connectivity index (χ0n) is 11.9. The molecule has 19 heavy (non-hydrogen) atoms. The van der Waals surface area contributed by atoms with E-state index in [9.17, 15) is 0 Å². The highest BCUT2D eigenvalue weighted by Gasteiger charge is 2.26. The van der Waals surface area contributed by atoms with Crippen molar-refractivity contribution in [3.63, 3.8) is 0 Å². The molecule has 1 saturated heterocycles. The van der Waals surface area contributed by atoms with Gasteiger partial charge in [0.15, 0.2) is 5.82 Å². The Morgan fingerprint density at radius 3 is 2.95 bits per heavy atom. The second-order valence-electron chi connectivity index (χ2n) is 5.34. The van der Waals surface area contributed by atoms with Crippen LogP contribution in [0.25, 0.3) is 0 Å². The van der Waals surface area contributed by atoms with Crippen molar-refractivity contribution in [1.82, 2.24) is 19.9 Å². The SMILES string of the molecule is CN1CCCN(C)C(c2noc(CCCCO)n2)C1. The largest absolute Gasteiger partial charge is 0.396 e. The van der Waals surface area contributed by atoms with Crippen LogP contribution in [0, 0.1) is 0 Å². The second-order valence-corrected chi connectivity index (χ2v) is 5.34. The van der Waals surface area contributed by atoms with E-state index in [2.05, 4.69) is 34.0 Å². The van der Waals surface area contributed by atoms with Gasteiger partial charge in [0.25, 0.3) is 0 Å². The zero-order chi connectivity index (χ0) is 13.7. The maximum atomic E-state index is 8.77. The lowest BCUT2D eigenvalue weighted by Crippen LogP contribution is -2.31. The van der Waals surface area contributed by atoms with E-state index in [-0.39, 0.29) is 12.6 Å². The van der Waals surface area contributed by atoms with Crippen molar-refractivity contribution in [2.75, 3.05) is 40.3 Å². The molecule has 1 aromatic rings. The quantitative estimate of drug-likeness (QED) is 0.793. The fourth-order valence-electron chi connectivity index (χ4n) is 2.44. The lowest BCUT2D eigenvalue weighted by atomic mass is 10.2. The van der Waals surface area contributed by atoms with Crippen molar-refractivity contribution < 1.29 is 9.63 Å². The first-order chi connectivity index (χ1) is 9.20. The van der Waals surface area contributed by atoms with Crippen molar-refractivity contribution in [3.05, 3.63) is 11.7 Å². The van der Waals surface area contributed by atoms with Gasteiger partial charge in [0.05, 0.1) is 6.04 Å². The van der Waals surface area contributed by atoms with Gasteiger partial charge in [-0.1, -0.05) is 5.16 Å². The van der Waals surface area contributed by atoms with Crippen LogP contribution in [0.2, 0.25) is 0 Å². The monoisotopic (exact) mass is 268 g/mol. The van der Waals surface area contributed by atoms with Crippen LogP contribution in [0.15, 0.2) is 4.52 Å². The molecular weight excluding hydrogens is 244 g/mol. The van der Waals surface area contributed by atoms with E-state index in [1.54, 1.807) is 0 Å². The van der Waals surface area contributed by atoms with E-state index in [1.165, 1.54) is 6.42 Å². The summed E-state index contributed by atoms with van der Waals surface area (Å²) in [6.45, 7) is 3.33. The lowest BCUT2D eigenvalue weighted by molar-refractivity contribution is 0.214. The average Bonchev–Trinajstić information content (AvgIpc) is 2.78. The van der Waals surface area contributed by atoms with Gasteiger partial charge in [0.1, 0.15) is 0 Å². The predicted octanol–water partition coefficient (Wildman–Crippen LogP) is 0.693. The summed E-state index contributed by atoms with van der Waals surface area (Å²) >= 11 is 0. The molecule has 1 aliphatic heterocycles. The van der Waals surface area contributed by atoms with Crippen LogP contribution in [0.4, 0.5) is 0 Å². The maximum Gasteiger partial charge on any atom is 0.226 e. The number of unbranched alkanes of at least 4 members (excludes halogenated alkanes) is 1. The Kier molecular flexibility index (Phi) is 5.30. The first-order valence-electron chi connectivity index (χ1n) is 7.03. The van der Waals surface area contributed by atoms with Gasteiger partial charge in [-0.05, 0) is 46.4 Å². The summed E-state index contributed by atoms with van der Waals surface area (Å²) in [6, 6.07) is 0.211. The Morgan fingerprint density at radius 2 is 2.16 bits per heavy atom. The average molecular weight is 268 g/mol. The van der Waals surface area contributed by atoms with Gasteiger partial charge in [0.2, 0.25) is 5.89 Å². The summed E-state index contributed by atoms with van der Waals surface area (Å²) in [7, 11) is 4.25. The third kappa shape index (κ3) is 3.99. The van der Waals surface area contributed by atoms with Crippen LogP contribution < -0.4 is 0 Å². The molecule has 1 fully saturated rings. The van der Waals surface area contributed by atoms with E-state index in [0.717, 1.165) is 44.7 Å². The minimum atomic E-state index is 0.211. The Hall–Kier alpha value is -0.980. The standard InChI is InChI=1S/C13H24N4O2/c1-16-7-5-8-17(2)11(10-16)13-14-12(19-15-13)6-3-4-9-18/h11,18H,3-10H2,1-2H3. The van der Waals surface area contributed by atoms with E-state index < -0.39 is 0 Å². The number of rotatable bonds is 5. The topological polar surface area (TPSA) is 65.6 Å². The minimum absolute atomic E-state index is 0.211. The molecule has 0 amide bonds. The Bertz CT molecular complexity index is 382. The highest BCUT2D eigenvalue weighted by Crippen LogP contribution is 2.21. The molecule has 6 nitrogen and oxygen atoms in total. The normalized spacial score (nSPS) is 22.6. The predicted molar refractivity (Wildman–Crippen MR) is 71.8 cm³/mol. The van der Waals surface area contributed by atoms with Crippen LogP contribution in [-0.4, -0.2) is 65.4 Å². The van der Waals surface area contributed by atoms with E-state index >= 15 is 0 Å². The van der Waals surface area contributed by atoms with Gasteiger partial charge >= 0.3 is 0 Å². The molecule has 1 atom stereocenters. The van der Waals surface area contributed by atoms with Crippen LogP contribution in [0.3, 0.4) is 0 Å². The lowest BCUT2D eigenvalue weighted by Gasteiger charge is -2.24. The van der Waals surface area contributed by atoms with Gasteiger partial charge in [-0.3, -0.25) is 4.90 Å². The van der Waals surface area contributed by atoms with Crippen molar-refractivity contribution in [2.24, 2.45) is 0 Å². The maximum absolute atomic E-state index is 8.77. The number of nitrogens with zero attached hydrogens (tertiary/aromatic N) is 4. The Morgan fingerprint density at radius 1 is 1.32 bits per heavy atom. The molecular formula is C13H24N4O2. The van der Waals surface area contributed by atoms with E-state index in [0.29, 0.717) is 5.89 Å².